The van der Waals surface area contributed by atoms with E-state index in [4.69, 9.17) is 2.74 Å². The van der Waals surface area contributed by atoms with E-state index in [1.54, 1.807) is 87.6 Å². The van der Waals surface area contributed by atoms with Gasteiger partial charge in [-0.05, 0) is 40.5 Å². The topological polar surface area (TPSA) is 193 Å². The quantitative estimate of drug-likeness (QED) is 0.123. The molecule has 7 N–H and O–H groups in total. The Morgan fingerprint density at radius 3 is 1.92 bits per heavy atom. The summed E-state index contributed by atoms with van der Waals surface area (Å²) in [4.78, 5) is 55.1. The molecule has 49 heavy (non-hydrogen) atoms. The van der Waals surface area contributed by atoms with E-state index in [1.165, 1.54) is 26.0 Å². The molecule has 3 rings (SSSR count). The zero-order valence-electron chi connectivity index (χ0n) is 32.2. The third kappa shape index (κ3) is 12.2. The van der Waals surface area contributed by atoms with Crippen LogP contribution in [-0.2, 0) is 22.5 Å². The maximum absolute atomic E-state index is 13.7. The third-order valence-electron chi connectivity index (χ3n) is 7.49. The number of benzene rings is 2. The van der Waals surface area contributed by atoms with Crippen molar-refractivity contribution >= 4 is 24.0 Å². The Morgan fingerprint density at radius 2 is 1.39 bits per heavy atom. The van der Waals surface area contributed by atoms with Crippen molar-refractivity contribution in [3.63, 3.8) is 0 Å². The summed E-state index contributed by atoms with van der Waals surface area (Å²) >= 11 is 0. The second-order valence-corrected chi connectivity index (χ2v) is 13.3. The van der Waals surface area contributed by atoms with E-state index in [1.807, 2.05) is 0 Å². The highest BCUT2D eigenvalue weighted by Crippen LogP contribution is 2.22. The van der Waals surface area contributed by atoms with E-state index in [-0.39, 0.29) is 12.0 Å². The lowest BCUT2D eigenvalue weighted by Gasteiger charge is -2.35. The molecule has 4 atom stereocenters. The van der Waals surface area contributed by atoms with E-state index in [0.29, 0.717) is 16.8 Å². The van der Waals surface area contributed by atoms with Crippen molar-refractivity contribution in [1.82, 2.24) is 31.4 Å². The van der Waals surface area contributed by atoms with Crippen molar-refractivity contribution in [2.24, 2.45) is 10.8 Å². The number of carbonyl (C=O) groups excluding carboxylic acids is 2. The number of hydrazine groups is 1. The van der Waals surface area contributed by atoms with Crippen LogP contribution in [0, 0.1) is 10.8 Å². The van der Waals surface area contributed by atoms with Crippen LogP contribution in [0.2, 0.25) is 0 Å². The van der Waals surface area contributed by atoms with Crippen molar-refractivity contribution in [1.29, 1.82) is 0 Å². The molecule has 2 aromatic carbocycles. The summed E-state index contributed by atoms with van der Waals surface area (Å²) in [5.41, 5.74) is 1.98. The molecule has 0 aliphatic carbocycles. The van der Waals surface area contributed by atoms with Gasteiger partial charge in [0.2, 0.25) is 5.91 Å². The first-order valence-electron chi connectivity index (χ1n) is 17.8. The van der Waals surface area contributed by atoms with Gasteiger partial charge in [0.05, 0.1) is 20.6 Å². The minimum atomic E-state index is -2.55. The molecule has 4 amide bonds. The van der Waals surface area contributed by atoms with Gasteiger partial charge in [0, 0.05) is 27.5 Å². The van der Waals surface area contributed by atoms with Gasteiger partial charge in [-0.2, -0.15) is 0 Å². The van der Waals surface area contributed by atoms with Gasteiger partial charge < -0.3 is 31.3 Å². The van der Waals surface area contributed by atoms with Crippen LogP contribution in [0.5, 0.6) is 0 Å². The Bertz CT molecular complexity index is 1690. The number of aliphatic hydroxyl groups is 1. The Hall–Kier alpha value is -5.01. The lowest BCUT2D eigenvalue weighted by atomic mass is 9.85. The molecular weight excluding hydrogens is 628 g/mol. The average molecular weight is 681 g/mol. The standard InChI is InChI=1S/C36H48N6O7/c1-35(2,3)29(39-33(46)47)31(44)38-27(20-23-12-8-7-9-13-23)28(43)22-42(41-32(45)30(36(4,5)6)40-34(48)49)21-24-15-17-25(18-16-24)26-14-10-11-19-37-26/h7-19,27-30,39-40,43H,20-22H2,1-6H3,(H,38,44)(H,41,45)(H,46,47)(H,48,49)/t27-,28-,29+,30+/m0/s1/i1D2,21D2. The Balaban J connectivity index is 2.07. The van der Waals surface area contributed by atoms with E-state index in [0.717, 1.165) is 5.01 Å². The first-order valence-corrected chi connectivity index (χ1v) is 15.6. The fourth-order valence-corrected chi connectivity index (χ4v) is 4.97. The normalized spacial score (nSPS) is 15.8. The number of aromatic nitrogens is 1. The summed E-state index contributed by atoms with van der Waals surface area (Å²) in [6, 6.07) is 16.0. The average Bonchev–Trinajstić information content (AvgIpc) is 3.09. The summed E-state index contributed by atoms with van der Waals surface area (Å²) in [7, 11) is 0. The van der Waals surface area contributed by atoms with Crippen molar-refractivity contribution in [3.05, 3.63) is 90.1 Å². The zero-order valence-corrected chi connectivity index (χ0v) is 28.2. The molecule has 0 aliphatic heterocycles. The first kappa shape index (κ1) is 32.5. The molecule has 0 unspecified atom stereocenters. The number of pyridine rings is 1. The van der Waals surface area contributed by atoms with Gasteiger partial charge in [-0.15, -0.1) is 0 Å². The molecule has 0 saturated heterocycles. The number of hydrogen-bond acceptors (Lipinski definition) is 7. The van der Waals surface area contributed by atoms with Gasteiger partial charge in [0.25, 0.3) is 5.91 Å². The van der Waals surface area contributed by atoms with E-state index >= 15 is 0 Å². The zero-order chi connectivity index (χ0) is 39.7. The molecule has 264 valence electrons. The van der Waals surface area contributed by atoms with Gasteiger partial charge >= 0.3 is 12.2 Å². The largest absolute Gasteiger partial charge is 0.465 e. The molecular formula is C36H48N6O7. The van der Waals surface area contributed by atoms with Gasteiger partial charge in [-0.25, -0.2) is 14.6 Å². The summed E-state index contributed by atoms with van der Waals surface area (Å²) in [5, 5.41) is 38.5. The van der Waals surface area contributed by atoms with Crippen molar-refractivity contribution < 1.29 is 40.0 Å². The van der Waals surface area contributed by atoms with Crippen LogP contribution in [-0.4, -0.2) is 80.1 Å². The first-order chi connectivity index (χ1) is 24.6. The SMILES string of the molecule is [2H]C([2H])C(C)(C)[C@H](NC(=O)O)C(=O)N[C@@H](Cc1ccccc1)[C@@H](O)CN(NC(=O)[C@@H](NC(=O)O)C(C)(C)C)C([2H])([2H])c1ccc(-c2ccccn2)cc1. The summed E-state index contributed by atoms with van der Waals surface area (Å²) in [5.74, 6) is -1.86. The lowest BCUT2D eigenvalue weighted by Crippen LogP contribution is -2.60. The molecule has 0 spiro atoms. The van der Waals surface area contributed by atoms with Gasteiger partial charge in [0.1, 0.15) is 12.1 Å². The maximum atomic E-state index is 13.7. The third-order valence-corrected chi connectivity index (χ3v) is 7.49. The fraction of sp³-hybridized carbons (Fsp3) is 0.417. The minimum absolute atomic E-state index is 0.0338. The Labute approximate surface area is 292 Å². The molecule has 0 radical (unpaired) electrons. The van der Waals surface area contributed by atoms with Crippen LogP contribution in [0.1, 0.15) is 58.1 Å². The molecule has 0 fully saturated rings. The van der Waals surface area contributed by atoms with Crippen LogP contribution in [0.3, 0.4) is 0 Å². The summed E-state index contributed by atoms with van der Waals surface area (Å²) in [6.07, 6.45) is -3.13. The van der Waals surface area contributed by atoms with Gasteiger partial charge in [-0.3, -0.25) is 20.0 Å². The van der Waals surface area contributed by atoms with Crippen LogP contribution in [0.25, 0.3) is 11.3 Å². The number of hydrogen-bond donors (Lipinski definition) is 7. The van der Waals surface area contributed by atoms with Crippen LogP contribution in [0.15, 0.2) is 79.0 Å². The minimum Gasteiger partial charge on any atom is -0.465 e. The highest BCUT2D eigenvalue weighted by molar-refractivity contribution is 5.86. The highest BCUT2D eigenvalue weighted by Gasteiger charge is 2.37. The number of nitrogens with one attached hydrogen (secondary N) is 4. The number of carbonyl (C=O) groups is 4. The van der Waals surface area contributed by atoms with Crippen molar-refractivity contribution in [3.8, 4) is 11.3 Å². The lowest BCUT2D eigenvalue weighted by molar-refractivity contribution is -0.132. The molecule has 13 nitrogen and oxygen atoms in total. The summed E-state index contributed by atoms with van der Waals surface area (Å²) < 4.78 is 34.3. The van der Waals surface area contributed by atoms with E-state index < -0.39 is 79.0 Å². The van der Waals surface area contributed by atoms with E-state index in [9.17, 15) is 37.2 Å². The molecule has 0 bridgehead atoms. The number of aliphatic hydroxyl groups excluding tert-OH is 1. The van der Waals surface area contributed by atoms with E-state index in [2.05, 4.69) is 26.4 Å². The van der Waals surface area contributed by atoms with Gasteiger partial charge in [0.15, 0.2) is 0 Å². The molecule has 1 heterocycles. The van der Waals surface area contributed by atoms with Gasteiger partial charge in [-0.1, -0.05) is 102 Å². The number of carboxylic acid groups (broad SMARTS) is 2. The van der Waals surface area contributed by atoms with Crippen LogP contribution < -0.4 is 21.4 Å². The molecule has 13 heteroatoms. The van der Waals surface area contributed by atoms with Crippen molar-refractivity contribution in [2.45, 2.75) is 78.6 Å². The Morgan fingerprint density at radius 1 is 0.796 bits per heavy atom. The number of nitrogens with zero attached hydrogens (tertiary/aromatic N) is 2. The maximum Gasteiger partial charge on any atom is 0.405 e. The predicted molar refractivity (Wildman–Crippen MR) is 185 cm³/mol. The summed E-state index contributed by atoms with van der Waals surface area (Å²) in [6.45, 7) is 2.75. The smallest absolute Gasteiger partial charge is 0.405 e. The fourth-order valence-electron chi connectivity index (χ4n) is 4.97. The second-order valence-electron chi connectivity index (χ2n) is 13.3. The predicted octanol–water partition coefficient (Wildman–Crippen LogP) is 4.03. The van der Waals surface area contributed by atoms with Crippen molar-refractivity contribution in [2.75, 3.05) is 6.54 Å². The Kier molecular flexibility index (Phi) is 11.2. The van der Waals surface area contributed by atoms with Crippen LogP contribution in [0.4, 0.5) is 9.59 Å². The molecule has 3 aromatic rings. The highest BCUT2D eigenvalue weighted by atomic mass is 16.4. The molecule has 0 saturated carbocycles. The molecule has 0 aliphatic rings. The second kappa shape index (κ2) is 16.9. The number of rotatable bonds is 14. The molecule has 1 aromatic heterocycles. The van der Waals surface area contributed by atoms with Crippen LogP contribution >= 0.6 is 0 Å². The monoisotopic (exact) mass is 680 g/mol. The number of amides is 4.